The van der Waals surface area contributed by atoms with Crippen LogP contribution >= 0.6 is 34.8 Å². The van der Waals surface area contributed by atoms with Crippen LogP contribution < -0.4 is 5.32 Å². The van der Waals surface area contributed by atoms with Crippen molar-refractivity contribution in [2.24, 2.45) is 5.92 Å². The van der Waals surface area contributed by atoms with Gasteiger partial charge in [0.25, 0.3) is 0 Å². The summed E-state index contributed by atoms with van der Waals surface area (Å²) in [6, 6.07) is 2.80. The maximum Gasteiger partial charge on any atom is 0.246 e. The number of nitrogens with one attached hydrogen (secondary N) is 1. The molecule has 1 fully saturated rings. The van der Waals surface area contributed by atoms with E-state index in [1.165, 1.54) is 16.4 Å². The average Bonchev–Trinajstić information content (AvgIpc) is 2.38. The highest BCUT2D eigenvalue weighted by atomic mass is 35.5. The molecule has 0 amide bonds. The van der Waals surface area contributed by atoms with Gasteiger partial charge in [-0.25, -0.2) is 8.42 Å². The molecular weight excluding hydrogens is 355 g/mol. The molecule has 1 heterocycles. The van der Waals surface area contributed by atoms with Gasteiger partial charge < -0.3 is 5.32 Å². The number of hydrogen-bond acceptors (Lipinski definition) is 3. The number of nitrogens with zero attached hydrogens (tertiary/aromatic N) is 1. The van der Waals surface area contributed by atoms with Crippen molar-refractivity contribution in [3.05, 3.63) is 27.2 Å². The molecule has 0 aliphatic carbocycles. The van der Waals surface area contributed by atoms with E-state index in [1.807, 2.05) is 7.05 Å². The number of benzene rings is 1. The Morgan fingerprint density at radius 2 is 1.71 bits per heavy atom. The Morgan fingerprint density at radius 3 is 2.19 bits per heavy atom. The fraction of sp³-hybridized carbons (Fsp3) is 0.538. The first-order valence-electron chi connectivity index (χ1n) is 6.65. The molecule has 0 spiro atoms. The van der Waals surface area contributed by atoms with Gasteiger partial charge in [-0.05, 0) is 44.5 Å². The lowest BCUT2D eigenvalue weighted by Crippen LogP contribution is -2.40. The molecule has 1 saturated heterocycles. The molecule has 0 aromatic heterocycles. The quantitative estimate of drug-likeness (QED) is 0.883. The Labute approximate surface area is 140 Å². The predicted molar refractivity (Wildman–Crippen MR) is 86.9 cm³/mol. The zero-order valence-corrected chi connectivity index (χ0v) is 14.7. The lowest BCUT2D eigenvalue weighted by atomic mass is 9.98. The zero-order chi connectivity index (χ0) is 15.6. The second kappa shape index (κ2) is 7.02. The molecule has 21 heavy (non-hydrogen) atoms. The number of sulfonamides is 1. The molecule has 118 valence electrons. The Kier molecular flexibility index (Phi) is 5.79. The van der Waals surface area contributed by atoms with Crippen LogP contribution in [0.4, 0.5) is 0 Å². The van der Waals surface area contributed by atoms with Crippen LogP contribution in [0.25, 0.3) is 0 Å². The molecular formula is C13H17Cl3N2O2S. The fourth-order valence-electron chi connectivity index (χ4n) is 2.55. The van der Waals surface area contributed by atoms with Gasteiger partial charge in [-0.2, -0.15) is 4.31 Å². The van der Waals surface area contributed by atoms with Gasteiger partial charge in [0.2, 0.25) is 10.0 Å². The Bertz CT molecular complexity index is 591. The molecule has 1 aromatic rings. The molecule has 0 bridgehead atoms. The first-order valence-corrected chi connectivity index (χ1v) is 9.23. The Hall–Kier alpha value is -0.0400. The summed E-state index contributed by atoms with van der Waals surface area (Å²) in [5, 5.41) is 3.56. The van der Waals surface area contributed by atoms with Crippen molar-refractivity contribution in [1.29, 1.82) is 0 Å². The smallest absolute Gasteiger partial charge is 0.246 e. The molecule has 1 aliphatic rings. The van der Waals surface area contributed by atoms with E-state index in [2.05, 4.69) is 5.32 Å². The van der Waals surface area contributed by atoms with Crippen LogP contribution in [0.5, 0.6) is 0 Å². The van der Waals surface area contributed by atoms with E-state index < -0.39 is 10.0 Å². The predicted octanol–water partition coefficient (Wildman–Crippen LogP) is 3.27. The molecule has 0 unspecified atom stereocenters. The maximum atomic E-state index is 12.7. The highest BCUT2D eigenvalue weighted by Gasteiger charge is 2.32. The summed E-state index contributed by atoms with van der Waals surface area (Å²) in [5.74, 6) is 0.498. The Balaban J connectivity index is 2.24. The minimum absolute atomic E-state index is 0.0534. The summed E-state index contributed by atoms with van der Waals surface area (Å²) in [5.41, 5.74) is 0. The second-order valence-electron chi connectivity index (χ2n) is 5.10. The molecule has 8 heteroatoms. The number of hydrogen-bond donors (Lipinski definition) is 1. The first-order chi connectivity index (χ1) is 9.86. The third kappa shape index (κ3) is 3.84. The van der Waals surface area contributed by atoms with Gasteiger partial charge in [-0.1, -0.05) is 34.8 Å². The molecule has 1 aliphatic heterocycles. The molecule has 1 aromatic carbocycles. The molecule has 0 saturated carbocycles. The zero-order valence-electron chi connectivity index (χ0n) is 11.6. The van der Waals surface area contributed by atoms with Gasteiger partial charge in [0.1, 0.15) is 4.90 Å². The lowest BCUT2D eigenvalue weighted by molar-refractivity contribution is 0.271. The lowest BCUT2D eigenvalue weighted by Gasteiger charge is -2.31. The van der Waals surface area contributed by atoms with E-state index in [9.17, 15) is 8.42 Å². The van der Waals surface area contributed by atoms with Gasteiger partial charge in [-0.15, -0.1) is 0 Å². The maximum absolute atomic E-state index is 12.7. The van der Waals surface area contributed by atoms with Crippen LogP contribution in [0, 0.1) is 5.92 Å². The number of halogens is 3. The van der Waals surface area contributed by atoms with Crippen molar-refractivity contribution >= 4 is 44.8 Å². The van der Waals surface area contributed by atoms with Crippen molar-refractivity contribution < 1.29 is 8.42 Å². The standard InChI is InChI=1S/C13H17Cl3N2O2S/c1-17-8-9-2-4-18(5-3-9)21(19,20)13-11(15)6-10(14)7-12(13)16/h6-7,9,17H,2-5,8H2,1H3. The summed E-state index contributed by atoms with van der Waals surface area (Å²) in [4.78, 5) is -0.0534. The molecule has 1 N–H and O–H groups in total. The van der Waals surface area contributed by atoms with E-state index in [0.717, 1.165) is 19.4 Å². The van der Waals surface area contributed by atoms with Crippen LogP contribution in [0.1, 0.15) is 12.8 Å². The van der Waals surface area contributed by atoms with Gasteiger partial charge in [-0.3, -0.25) is 0 Å². The summed E-state index contributed by atoms with van der Waals surface area (Å²) in [6.45, 7) is 1.85. The first kappa shape index (κ1) is 17.3. The monoisotopic (exact) mass is 370 g/mol. The fourth-order valence-corrected chi connectivity index (χ4v) is 5.51. The van der Waals surface area contributed by atoms with Crippen LogP contribution in [0.3, 0.4) is 0 Å². The second-order valence-corrected chi connectivity index (χ2v) is 8.23. The van der Waals surface area contributed by atoms with Crippen molar-refractivity contribution in [3.63, 3.8) is 0 Å². The van der Waals surface area contributed by atoms with E-state index in [0.29, 0.717) is 24.0 Å². The topological polar surface area (TPSA) is 49.4 Å². The van der Waals surface area contributed by atoms with Crippen LogP contribution in [0.2, 0.25) is 15.1 Å². The summed E-state index contributed by atoms with van der Waals surface area (Å²) in [6.07, 6.45) is 1.64. The van der Waals surface area contributed by atoms with E-state index in [4.69, 9.17) is 34.8 Å². The SMILES string of the molecule is CNCC1CCN(S(=O)(=O)c2c(Cl)cc(Cl)cc2Cl)CC1. The van der Waals surface area contributed by atoms with Gasteiger partial charge in [0, 0.05) is 18.1 Å². The number of piperidine rings is 1. The van der Waals surface area contributed by atoms with Gasteiger partial charge >= 0.3 is 0 Å². The van der Waals surface area contributed by atoms with Crippen LogP contribution in [0.15, 0.2) is 17.0 Å². The number of rotatable bonds is 4. The van der Waals surface area contributed by atoms with Crippen LogP contribution in [-0.4, -0.2) is 39.4 Å². The van der Waals surface area contributed by atoms with Crippen molar-refractivity contribution in [3.8, 4) is 0 Å². The summed E-state index contributed by atoms with van der Waals surface area (Å²) in [7, 11) is -1.79. The van der Waals surface area contributed by atoms with E-state index >= 15 is 0 Å². The molecule has 0 atom stereocenters. The van der Waals surface area contributed by atoms with Crippen molar-refractivity contribution in [2.75, 3.05) is 26.7 Å². The van der Waals surface area contributed by atoms with Gasteiger partial charge in [0.15, 0.2) is 0 Å². The van der Waals surface area contributed by atoms with Crippen LogP contribution in [-0.2, 0) is 10.0 Å². The van der Waals surface area contributed by atoms with E-state index in [-0.39, 0.29) is 14.9 Å². The summed E-state index contributed by atoms with van der Waals surface area (Å²) < 4.78 is 26.9. The molecule has 4 nitrogen and oxygen atoms in total. The third-order valence-corrected chi connectivity index (χ3v) is 6.67. The third-order valence-electron chi connectivity index (χ3n) is 3.63. The van der Waals surface area contributed by atoms with Gasteiger partial charge in [0.05, 0.1) is 10.0 Å². The highest BCUT2D eigenvalue weighted by molar-refractivity contribution is 7.89. The largest absolute Gasteiger partial charge is 0.319 e. The summed E-state index contributed by atoms with van der Waals surface area (Å²) >= 11 is 17.9. The van der Waals surface area contributed by atoms with E-state index in [1.54, 1.807) is 0 Å². The van der Waals surface area contributed by atoms with Crippen molar-refractivity contribution in [1.82, 2.24) is 9.62 Å². The Morgan fingerprint density at radius 1 is 1.19 bits per heavy atom. The minimum Gasteiger partial charge on any atom is -0.319 e. The molecule has 2 rings (SSSR count). The normalized spacial score (nSPS) is 18.1. The highest BCUT2D eigenvalue weighted by Crippen LogP contribution is 2.35. The minimum atomic E-state index is -3.69. The molecule has 0 radical (unpaired) electrons. The average molecular weight is 372 g/mol. The van der Waals surface area contributed by atoms with Crippen molar-refractivity contribution in [2.45, 2.75) is 17.7 Å².